The van der Waals surface area contributed by atoms with Crippen molar-refractivity contribution >= 4 is 23.1 Å². The predicted molar refractivity (Wildman–Crippen MR) is 54.9 cm³/mol. The third-order valence-electron chi connectivity index (χ3n) is 2.27. The Hall–Kier alpha value is -0.0800. The summed E-state index contributed by atoms with van der Waals surface area (Å²) in [4.78, 5) is 1.33. The fraction of sp³-hybridized carbons (Fsp3) is 0.667. The van der Waals surface area contributed by atoms with Gasteiger partial charge in [-0.25, -0.2) is 4.37 Å². The molecular formula is C9H14ClNS. The zero-order valence-corrected chi connectivity index (χ0v) is 9.08. The topological polar surface area (TPSA) is 12.9 Å². The number of aromatic nitrogens is 1. The van der Waals surface area contributed by atoms with Gasteiger partial charge in [-0.15, -0.1) is 11.6 Å². The standard InChI is InChI=1S/C9H14ClNS/c1-3-9(2,7-10)6-8-4-5-11-12-8/h4-5H,3,6-7H2,1-2H3. The van der Waals surface area contributed by atoms with Gasteiger partial charge in [-0.05, 0) is 35.9 Å². The first-order chi connectivity index (χ1) is 5.70. The maximum Gasteiger partial charge on any atom is 0.0409 e. The predicted octanol–water partition coefficient (Wildman–Crippen LogP) is 3.34. The average molecular weight is 204 g/mol. The Morgan fingerprint density at radius 1 is 1.67 bits per heavy atom. The van der Waals surface area contributed by atoms with E-state index in [4.69, 9.17) is 11.6 Å². The first-order valence-corrected chi connectivity index (χ1v) is 5.46. The van der Waals surface area contributed by atoms with E-state index in [-0.39, 0.29) is 5.41 Å². The van der Waals surface area contributed by atoms with Crippen LogP contribution in [0.1, 0.15) is 25.1 Å². The average Bonchev–Trinajstić information content (AvgIpc) is 2.57. The van der Waals surface area contributed by atoms with Gasteiger partial charge >= 0.3 is 0 Å². The largest absolute Gasteiger partial charge is 0.201 e. The smallest absolute Gasteiger partial charge is 0.0409 e. The number of hydrogen-bond donors (Lipinski definition) is 0. The second-order valence-corrected chi connectivity index (χ2v) is 4.64. The van der Waals surface area contributed by atoms with Crippen molar-refractivity contribution in [2.24, 2.45) is 5.41 Å². The molecule has 68 valence electrons. The lowest BCUT2D eigenvalue weighted by molar-refractivity contribution is 0.358. The van der Waals surface area contributed by atoms with E-state index in [0.717, 1.165) is 18.7 Å². The van der Waals surface area contributed by atoms with Crippen LogP contribution >= 0.6 is 23.1 Å². The molecule has 0 bridgehead atoms. The molecule has 1 heterocycles. The van der Waals surface area contributed by atoms with E-state index in [9.17, 15) is 0 Å². The van der Waals surface area contributed by atoms with Crippen LogP contribution in [0.3, 0.4) is 0 Å². The fourth-order valence-corrected chi connectivity index (χ4v) is 2.10. The summed E-state index contributed by atoms with van der Waals surface area (Å²) in [7, 11) is 0. The first-order valence-electron chi connectivity index (χ1n) is 4.16. The Bertz CT molecular complexity index is 216. The molecule has 1 unspecified atom stereocenters. The van der Waals surface area contributed by atoms with E-state index in [1.54, 1.807) is 11.5 Å². The van der Waals surface area contributed by atoms with Gasteiger partial charge in [-0.1, -0.05) is 13.8 Å². The Morgan fingerprint density at radius 2 is 2.42 bits per heavy atom. The summed E-state index contributed by atoms with van der Waals surface area (Å²) in [6, 6.07) is 2.07. The van der Waals surface area contributed by atoms with Crippen LogP contribution in [0.5, 0.6) is 0 Å². The highest BCUT2D eigenvalue weighted by atomic mass is 35.5. The van der Waals surface area contributed by atoms with Crippen LogP contribution in [0.4, 0.5) is 0 Å². The van der Waals surface area contributed by atoms with Crippen LogP contribution in [0.25, 0.3) is 0 Å². The van der Waals surface area contributed by atoms with E-state index in [2.05, 4.69) is 24.3 Å². The van der Waals surface area contributed by atoms with E-state index >= 15 is 0 Å². The van der Waals surface area contributed by atoms with Gasteiger partial charge in [0.15, 0.2) is 0 Å². The van der Waals surface area contributed by atoms with Gasteiger partial charge in [0.1, 0.15) is 0 Å². The highest BCUT2D eigenvalue weighted by Crippen LogP contribution is 2.28. The van der Waals surface area contributed by atoms with Crippen molar-refractivity contribution in [1.29, 1.82) is 0 Å². The minimum Gasteiger partial charge on any atom is -0.201 e. The molecule has 0 radical (unpaired) electrons. The van der Waals surface area contributed by atoms with Crippen LogP contribution in [-0.2, 0) is 6.42 Å². The fourth-order valence-electron chi connectivity index (χ4n) is 1.02. The minimum absolute atomic E-state index is 0.244. The molecular weight excluding hydrogens is 190 g/mol. The highest BCUT2D eigenvalue weighted by molar-refractivity contribution is 7.05. The van der Waals surface area contributed by atoms with Crippen LogP contribution < -0.4 is 0 Å². The Balaban J connectivity index is 2.60. The normalized spacial score (nSPS) is 15.9. The van der Waals surface area contributed by atoms with E-state index in [1.165, 1.54) is 4.88 Å². The second-order valence-electron chi connectivity index (χ2n) is 3.45. The molecule has 0 aromatic carbocycles. The van der Waals surface area contributed by atoms with Gasteiger partial charge in [0, 0.05) is 17.0 Å². The number of halogens is 1. The maximum atomic E-state index is 5.91. The molecule has 0 fully saturated rings. The summed E-state index contributed by atoms with van der Waals surface area (Å²) in [5.74, 6) is 0.724. The van der Waals surface area contributed by atoms with E-state index in [0.29, 0.717) is 0 Å². The van der Waals surface area contributed by atoms with Crippen molar-refractivity contribution in [2.75, 3.05) is 5.88 Å². The molecule has 1 atom stereocenters. The molecule has 0 amide bonds. The summed E-state index contributed by atoms with van der Waals surface area (Å²) in [5.41, 5.74) is 0.244. The second kappa shape index (κ2) is 4.24. The van der Waals surface area contributed by atoms with Gasteiger partial charge in [-0.3, -0.25) is 0 Å². The zero-order chi connectivity index (χ0) is 9.03. The molecule has 1 nitrogen and oxygen atoms in total. The molecule has 1 aromatic rings. The third-order valence-corrected chi connectivity index (χ3v) is 3.66. The molecule has 1 rings (SSSR count). The lowest BCUT2D eigenvalue weighted by atomic mass is 9.86. The van der Waals surface area contributed by atoms with Crippen molar-refractivity contribution in [3.05, 3.63) is 17.1 Å². The number of rotatable bonds is 4. The Morgan fingerprint density at radius 3 is 2.83 bits per heavy atom. The number of nitrogens with zero attached hydrogens (tertiary/aromatic N) is 1. The summed E-state index contributed by atoms with van der Waals surface area (Å²) in [6.07, 6.45) is 4.02. The van der Waals surface area contributed by atoms with E-state index < -0.39 is 0 Å². The third kappa shape index (κ3) is 2.46. The van der Waals surface area contributed by atoms with Gasteiger partial charge in [0.05, 0.1) is 0 Å². The van der Waals surface area contributed by atoms with E-state index in [1.807, 2.05) is 6.20 Å². The molecule has 3 heteroatoms. The summed E-state index contributed by atoms with van der Waals surface area (Å²) in [5, 5.41) is 0. The zero-order valence-electron chi connectivity index (χ0n) is 7.51. The lowest BCUT2D eigenvalue weighted by Crippen LogP contribution is -2.19. The van der Waals surface area contributed by atoms with Gasteiger partial charge in [-0.2, -0.15) is 0 Å². The molecule has 1 aromatic heterocycles. The minimum atomic E-state index is 0.244. The molecule has 0 aliphatic rings. The van der Waals surface area contributed by atoms with Crippen LogP contribution in [0.2, 0.25) is 0 Å². The molecule has 12 heavy (non-hydrogen) atoms. The maximum absolute atomic E-state index is 5.91. The summed E-state index contributed by atoms with van der Waals surface area (Å²) < 4.78 is 4.07. The van der Waals surface area contributed by atoms with Crippen LogP contribution in [0.15, 0.2) is 12.3 Å². The van der Waals surface area contributed by atoms with Gasteiger partial charge in [0.2, 0.25) is 0 Å². The monoisotopic (exact) mass is 203 g/mol. The molecule has 0 saturated carbocycles. The highest BCUT2D eigenvalue weighted by Gasteiger charge is 2.21. The molecule has 0 saturated heterocycles. The Kier molecular flexibility index (Phi) is 3.53. The van der Waals surface area contributed by atoms with Crippen LogP contribution in [-0.4, -0.2) is 10.3 Å². The number of hydrogen-bond acceptors (Lipinski definition) is 2. The Labute approximate surface area is 82.9 Å². The van der Waals surface area contributed by atoms with Crippen molar-refractivity contribution < 1.29 is 0 Å². The quantitative estimate of drug-likeness (QED) is 0.685. The number of alkyl halides is 1. The van der Waals surface area contributed by atoms with Crippen molar-refractivity contribution in [3.63, 3.8) is 0 Å². The van der Waals surface area contributed by atoms with Crippen molar-refractivity contribution in [3.8, 4) is 0 Å². The lowest BCUT2D eigenvalue weighted by Gasteiger charge is -2.24. The summed E-state index contributed by atoms with van der Waals surface area (Å²) in [6.45, 7) is 4.41. The van der Waals surface area contributed by atoms with Gasteiger partial charge in [0.25, 0.3) is 0 Å². The molecule has 0 aliphatic heterocycles. The van der Waals surface area contributed by atoms with Crippen molar-refractivity contribution in [2.45, 2.75) is 26.7 Å². The molecule has 0 aliphatic carbocycles. The molecule has 0 spiro atoms. The van der Waals surface area contributed by atoms with Gasteiger partial charge < -0.3 is 0 Å². The first kappa shape index (κ1) is 10.0. The SMILES string of the molecule is CCC(C)(CCl)Cc1ccns1. The summed E-state index contributed by atoms with van der Waals surface area (Å²) >= 11 is 7.48. The molecule has 0 N–H and O–H groups in total. The van der Waals surface area contributed by atoms with Crippen molar-refractivity contribution in [1.82, 2.24) is 4.37 Å². The van der Waals surface area contributed by atoms with Crippen LogP contribution in [0, 0.1) is 5.41 Å².